The van der Waals surface area contributed by atoms with Crippen LogP contribution >= 0.6 is 0 Å². The lowest BCUT2D eigenvalue weighted by atomic mass is 10.1. The molecule has 0 aliphatic carbocycles. The van der Waals surface area contributed by atoms with Gasteiger partial charge in [0.15, 0.2) is 0 Å². The van der Waals surface area contributed by atoms with E-state index < -0.39 is 5.97 Å². The molecule has 1 aliphatic heterocycles. The minimum absolute atomic E-state index is 0.0356. The first-order chi connectivity index (χ1) is 9.02. The van der Waals surface area contributed by atoms with E-state index in [2.05, 4.69) is 5.32 Å². The predicted molar refractivity (Wildman–Crippen MR) is 68.1 cm³/mol. The first-order valence-electron chi connectivity index (χ1n) is 5.96. The molecule has 0 atom stereocenters. The maximum Gasteiger partial charge on any atom is 0.335 e. The van der Waals surface area contributed by atoms with Gasteiger partial charge in [0.25, 0.3) is 0 Å². The second-order valence-electron chi connectivity index (χ2n) is 4.26. The number of carbonyl (C=O) groups excluding carboxylic acids is 2. The molecule has 1 aromatic rings. The standard InChI is InChI=1S/C13H14N2O4/c1-2-14-11(16)7-15-10-4-3-8(13(18)19)5-9(10)6-12(15)17/h3-5H,2,6-7H2,1H3,(H,14,16)(H,18,19). The molecule has 2 N–H and O–H groups in total. The maximum atomic E-state index is 11.9. The van der Waals surface area contributed by atoms with Crippen molar-refractivity contribution in [3.05, 3.63) is 29.3 Å². The molecule has 2 amide bonds. The van der Waals surface area contributed by atoms with Crippen LogP contribution in [0.5, 0.6) is 0 Å². The lowest BCUT2D eigenvalue weighted by Crippen LogP contribution is -2.38. The first-order valence-corrected chi connectivity index (χ1v) is 5.96. The molecule has 19 heavy (non-hydrogen) atoms. The molecule has 0 radical (unpaired) electrons. The number of aromatic carboxylic acids is 1. The number of carboxylic acids is 1. The number of rotatable bonds is 4. The smallest absolute Gasteiger partial charge is 0.335 e. The Bertz CT molecular complexity index is 554. The number of fused-ring (bicyclic) bond motifs is 1. The third-order valence-corrected chi connectivity index (χ3v) is 2.94. The van der Waals surface area contributed by atoms with E-state index in [0.29, 0.717) is 17.8 Å². The molecule has 0 saturated heterocycles. The summed E-state index contributed by atoms with van der Waals surface area (Å²) in [5, 5.41) is 11.5. The molecular weight excluding hydrogens is 248 g/mol. The summed E-state index contributed by atoms with van der Waals surface area (Å²) in [6.07, 6.45) is 0.135. The Balaban J connectivity index is 2.24. The molecule has 0 spiro atoms. The summed E-state index contributed by atoms with van der Waals surface area (Å²) in [5.74, 6) is -1.45. The van der Waals surface area contributed by atoms with E-state index in [9.17, 15) is 14.4 Å². The molecular formula is C13H14N2O4. The van der Waals surface area contributed by atoms with Gasteiger partial charge in [-0.25, -0.2) is 4.79 Å². The second kappa shape index (κ2) is 5.09. The van der Waals surface area contributed by atoms with Crippen molar-refractivity contribution in [3.8, 4) is 0 Å². The molecule has 0 unspecified atom stereocenters. The van der Waals surface area contributed by atoms with Crippen molar-refractivity contribution in [3.63, 3.8) is 0 Å². The van der Waals surface area contributed by atoms with Gasteiger partial charge in [-0.05, 0) is 30.7 Å². The first kappa shape index (κ1) is 13.1. The zero-order valence-corrected chi connectivity index (χ0v) is 10.5. The molecule has 6 heteroatoms. The fraction of sp³-hybridized carbons (Fsp3) is 0.308. The second-order valence-corrected chi connectivity index (χ2v) is 4.26. The minimum Gasteiger partial charge on any atom is -0.478 e. The lowest BCUT2D eigenvalue weighted by molar-refractivity contribution is -0.123. The Morgan fingerprint density at radius 2 is 2.16 bits per heavy atom. The summed E-state index contributed by atoms with van der Waals surface area (Å²) in [6.45, 7) is 2.27. The van der Waals surface area contributed by atoms with Crippen LogP contribution < -0.4 is 10.2 Å². The Morgan fingerprint density at radius 1 is 1.42 bits per heavy atom. The van der Waals surface area contributed by atoms with E-state index in [1.54, 1.807) is 13.0 Å². The minimum atomic E-state index is -1.03. The fourth-order valence-electron chi connectivity index (χ4n) is 2.09. The number of carboxylic acid groups (broad SMARTS) is 1. The maximum absolute atomic E-state index is 11.9. The van der Waals surface area contributed by atoms with E-state index in [1.165, 1.54) is 17.0 Å². The van der Waals surface area contributed by atoms with Crippen LogP contribution in [0.4, 0.5) is 5.69 Å². The van der Waals surface area contributed by atoms with E-state index in [-0.39, 0.29) is 30.3 Å². The molecule has 100 valence electrons. The van der Waals surface area contributed by atoms with Gasteiger partial charge in [0.05, 0.1) is 12.0 Å². The monoisotopic (exact) mass is 262 g/mol. The van der Waals surface area contributed by atoms with Crippen molar-refractivity contribution < 1.29 is 19.5 Å². The highest BCUT2D eigenvalue weighted by Crippen LogP contribution is 2.29. The van der Waals surface area contributed by atoms with E-state index in [0.717, 1.165) is 0 Å². The highest BCUT2D eigenvalue weighted by molar-refractivity contribution is 6.05. The van der Waals surface area contributed by atoms with Crippen molar-refractivity contribution in [2.45, 2.75) is 13.3 Å². The van der Waals surface area contributed by atoms with Crippen LogP contribution in [-0.4, -0.2) is 36.0 Å². The topological polar surface area (TPSA) is 86.7 Å². The SMILES string of the molecule is CCNC(=O)CN1C(=O)Cc2cc(C(=O)O)ccc21. The summed E-state index contributed by atoms with van der Waals surface area (Å²) in [6, 6.07) is 4.49. The van der Waals surface area contributed by atoms with Crippen molar-refractivity contribution in [2.24, 2.45) is 0 Å². The third-order valence-electron chi connectivity index (χ3n) is 2.94. The number of hydrogen-bond donors (Lipinski definition) is 2. The number of hydrogen-bond acceptors (Lipinski definition) is 3. The summed E-state index contributed by atoms with van der Waals surface area (Å²) in [5.41, 5.74) is 1.40. The molecule has 6 nitrogen and oxygen atoms in total. The quantitative estimate of drug-likeness (QED) is 0.822. The molecule has 1 aromatic carbocycles. The van der Waals surface area contributed by atoms with Gasteiger partial charge in [-0.3, -0.25) is 9.59 Å². The molecule has 0 aromatic heterocycles. The van der Waals surface area contributed by atoms with Gasteiger partial charge in [-0.1, -0.05) is 0 Å². The molecule has 2 rings (SSSR count). The number of carbonyl (C=O) groups is 3. The van der Waals surface area contributed by atoms with Crippen molar-refractivity contribution in [2.75, 3.05) is 18.0 Å². The zero-order valence-electron chi connectivity index (χ0n) is 10.5. The third kappa shape index (κ3) is 2.57. The summed E-state index contributed by atoms with van der Waals surface area (Å²) < 4.78 is 0. The number of nitrogens with zero attached hydrogens (tertiary/aromatic N) is 1. The highest BCUT2D eigenvalue weighted by atomic mass is 16.4. The van der Waals surface area contributed by atoms with E-state index in [4.69, 9.17) is 5.11 Å². The Morgan fingerprint density at radius 3 is 2.79 bits per heavy atom. The largest absolute Gasteiger partial charge is 0.478 e. The molecule has 0 saturated carbocycles. The van der Waals surface area contributed by atoms with Gasteiger partial charge in [0.1, 0.15) is 6.54 Å². The van der Waals surface area contributed by atoms with Gasteiger partial charge < -0.3 is 15.3 Å². The van der Waals surface area contributed by atoms with Crippen LogP contribution in [0.25, 0.3) is 0 Å². The molecule has 0 bridgehead atoms. The number of benzene rings is 1. The lowest BCUT2D eigenvalue weighted by Gasteiger charge is -2.16. The summed E-state index contributed by atoms with van der Waals surface area (Å²) in [4.78, 5) is 35.6. The van der Waals surface area contributed by atoms with Crippen LogP contribution in [-0.2, 0) is 16.0 Å². The Labute approximate surface area is 110 Å². The summed E-state index contributed by atoms with van der Waals surface area (Å²) >= 11 is 0. The van der Waals surface area contributed by atoms with Crippen LogP contribution in [0.15, 0.2) is 18.2 Å². The molecule has 1 heterocycles. The number of anilines is 1. The van der Waals surface area contributed by atoms with Crippen molar-refractivity contribution in [1.82, 2.24) is 5.32 Å². The van der Waals surface area contributed by atoms with Crippen LogP contribution in [0, 0.1) is 0 Å². The average Bonchev–Trinajstić information content (AvgIpc) is 2.65. The molecule has 0 fully saturated rings. The highest BCUT2D eigenvalue weighted by Gasteiger charge is 2.29. The van der Waals surface area contributed by atoms with Gasteiger partial charge in [0.2, 0.25) is 11.8 Å². The van der Waals surface area contributed by atoms with E-state index in [1.807, 2.05) is 0 Å². The Hall–Kier alpha value is -2.37. The van der Waals surface area contributed by atoms with Crippen molar-refractivity contribution in [1.29, 1.82) is 0 Å². The number of amides is 2. The predicted octanol–water partition coefficient (Wildman–Crippen LogP) is 0.410. The van der Waals surface area contributed by atoms with Crippen LogP contribution in [0.2, 0.25) is 0 Å². The van der Waals surface area contributed by atoms with Gasteiger partial charge >= 0.3 is 5.97 Å². The fourth-order valence-corrected chi connectivity index (χ4v) is 2.09. The van der Waals surface area contributed by atoms with Gasteiger partial charge in [-0.2, -0.15) is 0 Å². The zero-order chi connectivity index (χ0) is 14.0. The molecule has 1 aliphatic rings. The van der Waals surface area contributed by atoms with E-state index >= 15 is 0 Å². The Kier molecular flexibility index (Phi) is 3.50. The number of likely N-dealkylation sites (N-methyl/N-ethyl adjacent to an activating group) is 1. The van der Waals surface area contributed by atoms with Gasteiger partial charge in [0, 0.05) is 12.2 Å². The normalized spacial score (nSPS) is 13.3. The van der Waals surface area contributed by atoms with Crippen molar-refractivity contribution >= 4 is 23.5 Å². The number of nitrogens with one attached hydrogen (secondary N) is 1. The van der Waals surface area contributed by atoms with Crippen LogP contribution in [0.3, 0.4) is 0 Å². The van der Waals surface area contributed by atoms with Gasteiger partial charge in [-0.15, -0.1) is 0 Å². The average molecular weight is 262 g/mol. The summed E-state index contributed by atoms with van der Waals surface area (Å²) in [7, 11) is 0. The van der Waals surface area contributed by atoms with Crippen LogP contribution in [0.1, 0.15) is 22.8 Å².